The van der Waals surface area contributed by atoms with Gasteiger partial charge in [-0.3, -0.25) is 0 Å². The van der Waals surface area contributed by atoms with Crippen molar-refractivity contribution in [3.63, 3.8) is 0 Å². The van der Waals surface area contributed by atoms with Crippen LogP contribution in [0.2, 0.25) is 0 Å². The highest BCUT2D eigenvalue weighted by Crippen LogP contribution is 2.36. The summed E-state index contributed by atoms with van der Waals surface area (Å²) < 4.78 is 23.7. The van der Waals surface area contributed by atoms with E-state index in [1.54, 1.807) is 6.07 Å². The first-order valence-electron chi connectivity index (χ1n) is 8.20. The quantitative estimate of drug-likeness (QED) is 0.812. The first kappa shape index (κ1) is 20.0. The first-order valence-corrected chi connectivity index (χ1v) is 8.20. The van der Waals surface area contributed by atoms with Crippen LogP contribution in [0.5, 0.6) is 5.75 Å². The molecule has 1 aromatic rings. The fourth-order valence-corrected chi connectivity index (χ4v) is 2.23. The van der Waals surface area contributed by atoms with E-state index in [1.165, 1.54) is 19.8 Å². The van der Waals surface area contributed by atoms with Crippen LogP contribution in [-0.2, 0) is 9.31 Å². The molecule has 0 spiro atoms. The third kappa shape index (κ3) is 5.50. The maximum Gasteiger partial charge on any atom is 0.488 e. The van der Waals surface area contributed by atoms with E-state index in [9.17, 15) is 4.39 Å². The molecule has 0 amide bonds. The summed E-state index contributed by atoms with van der Waals surface area (Å²) in [5.74, 6) is -0.0866. The van der Waals surface area contributed by atoms with Gasteiger partial charge in [0.25, 0.3) is 0 Å². The lowest BCUT2D eigenvalue weighted by molar-refractivity contribution is -0.0873. The SMILES string of the molecule is CC1(C)CO[B]OC1(C)C.CCCC(C)c1ccc(O)cc1F. The maximum absolute atomic E-state index is 13.3. The first-order chi connectivity index (χ1) is 10.6. The van der Waals surface area contributed by atoms with Gasteiger partial charge in [-0.2, -0.15) is 0 Å². The molecule has 0 bridgehead atoms. The van der Waals surface area contributed by atoms with Gasteiger partial charge in [0, 0.05) is 18.1 Å². The lowest BCUT2D eigenvalue weighted by Crippen LogP contribution is -2.50. The molecule has 1 atom stereocenters. The van der Waals surface area contributed by atoms with Crippen molar-refractivity contribution in [1.82, 2.24) is 0 Å². The zero-order chi connectivity index (χ0) is 17.7. The summed E-state index contributed by atoms with van der Waals surface area (Å²) >= 11 is 0. The monoisotopic (exact) mass is 323 g/mol. The summed E-state index contributed by atoms with van der Waals surface area (Å²) in [6, 6.07) is 4.36. The standard InChI is InChI=1S/C11H15FO.C7H14BO2/c1-3-4-8(2)10-6-5-9(13)7-11(10)12;1-6(2)5-9-8-10-7(6,3)4/h5-8,13H,3-4H2,1-2H3;5H2,1-4H3. The van der Waals surface area contributed by atoms with Gasteiger partial charge in [0.2, 0.25) is 0 Å². The lowest BCUT2D eigenvalue weighted by Gasteiger charge is -2.44. The van der Waals surface area contributed by atoms with E-state index in [2.05, 4.69) is 34.6 Å². The molecule has 1 N–H and O–H groups in total. The molecular weight excluding hydrogens is 294 g/mol. The van der Waals surface area contributed by atoms with Crippen LogP contribution in [0, 0.1) is 11.2 Å². The van der Waals surface area contributed by atoms with E-state index in [1.807, 2.05) is 6.92 Å². The average molecular weight is 323 g/mol. The predicted octanol–water partition coefficient (Wildman–Crippen LogP) is 4.81. The second-order valence-electron chi connectivity index (χ2n) is 7.31. The topological polar surface area (TPSA) is 38.7 Å². The Morgan fingerprint density at radius 3 is 2.39 bits per heavy atom. The second-order valence-corrected chi connectivity index (χ2v) is 7.31. The number of halogens is 1. The highest BCUT2D eigenvalue weighted by Gasteiger charge is 2.41. The van der Waals surface area contributed by atoms with Gasteiger partial charge in [-0.1, -0.05) is 40.2 Å². The van der Waals surface area contributed by atoms with Crippen molar-refractivity contribution >= 4 is 7.69 Å². The number of hydrogen-bond acceptors (Lipinski definition) is 3. The zero-order valence-electron chi connectivity index (χ0n) is 15.1. The summed E-state index contributed by atoms with van der Waals surface area (Å²) in [6.07, 6.45) is 2.02. The zero-order valence-corrected chi connectivity index (χ0v) is 15.1. The Hall–Kier alpha value is -1.07. The van der Waals surface area contributed by atoms with Crippen molar-refractivity contribution < 1.29 is 18.8 Å². The van der Waals surface area contributed by atoms with Gasteiger partial charge in [0.1, 0.15) is 11.6 Å². The van der Waals surface area contributed by atoms with E-state index < -0.39 is 0 Å². The molecule has 3 nitrogen and oxygen atoms in total. The Kier molecular flexibility index (Phi) is 7.09. The molecule has 1 fully saturated rings. The van der Waals surface area contributed by atoms with Gasteiger partial charge in [-0.15, -0.1) is 0 Å². The minimum absolute atomic E-state index is 0.00931. The number of rotatable bonds is 3. The Bertz CT molecular complexity index is 487. The lowest BCUT2D eigenvalue weighted by atomic mass is 9.76. The Morgan fingerprint density at radius 1 is 1.30 bits per heavy atom. The normalized spacial score (nSPS) is 20.0. The number of phenols is 1. The summed E-state index contributed by atoms with van der Waals surface area (Å²) in [7, 11) is 1.44. The molecule has 1 aromatic carbocycles. The second kappa shape index (κ2) is 8.16. The third-order valence-corrected chi connectivity index (χ3v) is 4.72. The molecule has 0 aliphatic carbocycles. The summed E-state index contributed by atoms with van der Waals surface area (Å²) in [5, 5.41) is 9.01. The Balaban J connectivity index is 0.000000238. The summed E-state index contributed by atoms with van der Waals surface area (Å²) in [5.41, 5.74) is 0.687. The van der Waals surface area contributed by atoms with Gasteiger partial charge in [0.05, 0.1) is 5.60 Å². The van der Waals surface area contributed by atoms with Crippen LogP contribution in [0.15, 0.2) is 18.2 Å². The average Bonchev–Trinajstić information content (AvgIpc) is 2.43. The van der Waals surface area contributed by atoms with Crippen molar-refractivity contribution in [2.45, 2.75) is 65.9 Å². The van der Waals surface area contributed by atoms with Crippen LogP contribution in [0.3, 0.4) is 0 Å². The molecule has 1 unspecified atom stereocenters. The molecule has 1 heterocycles. The molecule has 0 saturated carbocycles. The smallest absolute Gasteiger partial charge is 0.488 e. The minimum atomic E-state index is -0.305. The third-order valence-electron chi connectivity index (χ3n) is 4.72. The highest BCUT2D eigenvalue weighted by molar-refractivity contribution is 6.18. The summed E-state index contributed by atoms with van der Waals surface area (Å²) in [4.78, 5) is 0. The highest BCUT2D eigenvalue weighted by atomic mass is 19.1. The predicted molar refractivity (Wildman–Crippen MR) is 92.0 cm³/mol. The Labute approximate surface area is 140 Å². The molecule has 1 aliphatic rings. The fraction of sp³-hybridized carbons (Fsp3) is 0.667. The van der Waals surface area contributed by atoms with Crippen LogP contribution in [0.25, 0.3) is 0 Å². The van der Waals surface area contributed by atoms with Crippen molar-refractivity contribution in [2.75, 3.05) is 6.61 Å². The molecule has 0 aromatic heterocycles. The van der Waals surface area contributed by atoms with E-state index in [-0.39, 0.29) is 28.5 Å². The van der Waals surface area contributed by atoms with Crippen molar-refractivity contribution in [1.29, 1.82) is 0 Å². The van der Waals surface area contributed by atoms with Gasteiger partial charge in [0.15, 0.2) is 0 Å². The van der Waals surface area contributed by atoms with Crippen LogP contribution in [0.1, 0.15) is 65.9 Å². The van der Waals surface area contributed by atoms with Crippen molar-refractivity contribution in [3.05, 3.63) is 29.6 Å². The van der Waals surface area contributed by atoms with E-state index >= 15 is 0 Å². The molecule has 1 aliphatic heterocycles. The molecular formula is C18H29BFO3. The van der Waals surface area contributed by atoms with Crippen molar-refractivity contribution in [3.8, 4) is 5.75 Å². The largest absolute Gasteiger partial charge is 0.508 e. The van der Waals surface area contributed by atoms with Gasteiger partial charge in [-0.25, -0.2) is 4.39 Å². The van der Waals surface area contributed by atoms with Crippen LogP contribution in [-0.4, -0.2) is 25.0 Å². The number of hydrogen-bond donors (Lipinski definition) is 1. The van der Waals surface area contributed by atoms with Gasteiger partial charge < -0.3 is 14.4 Å². The summed E-state index contributed by atoms with van der Waals surface area (Å²) in [6.45, 7) is 13.2. The van der Waals surface area contributed by atoms with E-state index in [0.717, 1.165) is 19.4 Å². The van der Waals surface area contributed by atoms with E-state index in [0.29, 0.717) is 5.56 Å². The molecule has 129 valence electrons. The molecule has 1 radical (unpaired) electrons. The molecule has 5 heteroatoms. The van der Waals surface area contributed by atoms with Crippen molar-refractivity contribution in [2.24, 2.45) is 5.41 Å². The number of aromatic hydroxyl groups is 1. The fourth-order valence-electron chi connectivity index (χ4n) is 2.23. The molecule has 23 heavy (non-hydrogen) atoms. The number of benzene rings is 1. The van der Waals surface area contributed by atoms with E-state index in [4.69, 9.17) is 14.4 Å². The van der Waals surface area contributed by atoms with Crippen LogP contribution >= 0.6 is 0 Å². The Morgan fingerprint density at radius 2 is 1.96 bits per heavy atom. The maximum atomic E-state index is 13.3. The van der Waals surface area contributed by atoms with Crippen LogP contribution in [0.4, 0.5) is 4.39 Å². The van der Waals surface area contributed by atoms with Crippen LogP contribution < -0.4 is 0 Å². The minimum Gasteiger partial charge on any atom is -0.508 e. The molecule has 1 saturated heterocycles. The van der Waals surface area contributed by atoms with Gasteiger partial charge in [-0.05, 0) is 37.8 Å². The molecule has 2 rings (SSSR count). The van der Waals surface area contributed by atoms with Gasteiger partial charge >= 0.3 is 7.69 Å². The number of phenolic OH excluding ortho intramolecular Hbond substituents is 1.